The van der Waals surface area contributed by atoms with Gasteiger partial charge in [0.1, 0.15) is 5.82 Å². The van der Waals surface area contributed by atoms with Crippen molar-refractivity contribution in [2.24, 2.45) is 0 Å². The van der Waals surface area contributed by atoms with Crippen LogP contribution in [0, 0.1) is 5.82 Å². The van der Waals surface area contributed by atoms with Crippen LogP contribution in [-0.2, 0) is 6.54 Å². The zero-order valence-corrected chi connectivity index (χ0v) is 12.4. The molecule has 0 heterocycles. The van der Waals surface area contributed by atoms with Crippen LogP contribution in [0.4, 0.5) is 4.39 Å². The minimum absolute atomic E-state index is 0.189. The fourth-order valence-electron chi connectivity index (χ4n) is 1.67. The van der Waals surface area contributed by atoms with E-state index in [9.17, 15) is 4.39 Å². The van der Waals surface area contributed by atoms with E-state index in [-0.39, 0.29) is 10.8 Å². The molecule has 0 radical (unpaired) electrons. The van der Waals surface area contributed by atoms with Crippen LogP contribution in [-0.4, -0.2) is 23.3 Å². The van der Waals surface area contributed by atoms with Gasteiger partial charge in [-0.15, -0.1) is 0 Å². The lowest BCUT2D eigenvalue weighted by Crippen LogP contribution is -2.26. The van der Waals surface area contributed by atoms with Gasteiger partial charge in [0.15, 0.2) is 0 Å². The predicted octanol–water partition coefficient (Wildman–Crippen LogP) is 4.48. The van der Waals surface area contributed by atoms with Crippen molar-refractivity contribution in [2.45, 2.75) is 26.3 Å². The Morgan fingerprint density at radius 1 is 1.35 bits per heavy atom. The molecule has 0 saturated carbocycles. The van der Waals surface area contributed by atoms with Gasteiger partial charge < -0.3 is 0 Å². The zero-order valence-electron chi connectivity index (χ0n) is 10.1. The van der Waals surface area contributed by atoms with Gasteiger partial charge in [0.25, 0.3) is 0 Å². The SMILES string of the molecule is CCCCN(CCBr)Cc1ccc(Cl)c(F)c1. The van der Waals surface area contributed by atoms with Crippen LogP contribution in [0.2, 0.25) is 5.02 Å². The molecule has 0 saturated heterocycles. The summed E-state index contributed by atoms with van der Waals surface area (Å²) in [5.41, 5.74) is 0.976. The minimum Gasteiger partial charge on any atom is -0.298 e. The Bertz CT molecular complexity index is 346. The molecule has 0 aliphatic heterocycles. The molecule has 0 fully saturated rings. The van der Waals surface area contributed by atoms with E-state index < -0.39 is 0 Å². The van der Waals surface area contributed by atoms with Gasteiger partial charge in [0.2, 0.25) is 0 Å². The number of hydrogen-bond donors (Lipinski definition) is 0. The van der Waals surface area contributed by atoms with E-state index in [1.165, 1.54) is 18.9 Å². The molecule has 0 spiro atoms. The largest absolute Gasteiger partial charge is 0.298 e. The molecule has 0 atom stereocenters. The van der Waals surface area contributed by atoms with Gasteiger partial charge in [-0.05, 0) is 30.7 Å². The normalized spacial score (nSPS) is 11.1. The summed E-state index contributed by atoms with van der Waals surface area (Å²) in [7, 11) is 0. The number of hydrogen-bond acceptors (Lipinski definition) is 1. The smallest absolute Gasteiger partial charge is 0.142 e. The van der Waals surface area contributed by atoms with Crippen LogP contribution in [0.25, 0.3) is 0 Å². The minimum atomic E-state index is -0.335. The molecule has 1 aromatic rings. The van der Waals surface area contributed by atoms with E-state index in [4.69, 9.17) is 11.6 Å². The van der Waals surface area contributed by atoms with Gasteiger partial charge in [-0.1, -0.05) is 46.9 Å². The van der Waals surface area contributed by atoms with Crippen LogP contribution < -0.4 is 0 Å². The van der Waals surface area contributed by atoms with Crippen LogP contribution >= 0.6 is 27.5 Å². The van der Waals surface area contributed by atoms with Crippen molar-refractivity contribution in [3.8, 4) is 0 Å². The molecule has 0 amide bonds. The highest BCUT2D eigenvalue weighted by Gasteiger charge is 2.07. The van der Waals surface area contributed by atoms with Gasteiger partial charge >= 0.3 is 0 Å². The molecule has 0 aliphatic carbocycles. The summed E-state index contributed by atoms with van der Waals surface area (Å²) < 4.78 is 13.3. The van der Waals surface area contributed by atoms with E-state index in [0.29, 0.717) is 0 Å². The summed E-state index contributed by atoms with van der Waals surface area (Å²) in [6, 6.07) is 5.03. The maximum atomic E-state index is 13.3. The fraction of sp³-hybridized carbons (Fsp3) is 0.538. The number of nitrogens with zero attached hydrogens (tertiary/aromatic N) is 1. The Labute approximate surface area is 116 Å². The number of rotatable bonds is 7. The first-order chi connectivity index (χ1) is 8.17. The lowest BCUT2D eigenvalue weighted by Gasteiger charge is -2.21. The summed E-state index contributed by atoms with van der Waals surface area (Å²) in [6.07, 6.45) is 2.34. The molecular formula is C13H18BrClFN. The van der Waals surface area contributed by atoms with Crippen molar-refractivity contribution in [3.63, 3.8) is 0 Å². The Hall–Kier alpha value is -0.120. The molecular weight excluding hydrogens is 305 g/mol. The summed E-state index contributed by atoms with van der Waals surface area (Å²) in [5, 5.41) is 1.13. The molecule has 1 rings (SSSR count). The van der Waals surface area contributed by atoms with E-state index in [1.807, 2.05) is 6.07 Å². The second-order valence-corrected chi connectivity index (χ2v) is 5.27. The van der Waals surface area contributed by atoms with Crippen LogP contribution in [0.1, 0.15) is 25.3 Å². The van der Waals surface area contributed by atoms with Crippen LogP contribution in [0.5, 0.6) is 0 Å². The first-order valence-electron chi connectivity index (χ1n) is 5.89. The van der Waals surface area contributed by atoms with Gasteiger partial charge in [-0.2, -0.15) is 0 Å². The average Bonchev–Trinajstić information content (AvgIpc) is 2.31. The average molecular weight is 323 g/mol. The predicted molar refractivity (Wildman–Crippen MR) is 75.4 cm³/mol. The maximum Gasteiger partial charge on any atom is 0.142 e. The molecule has 96 valence electrons. The van der Waals surface area contributed by atoms with Gasteiger partial charge in [-0.25, -0.2) is 4.39 Å². The number of benzene rings is 1. The number of halogens is 3. The van der Waals surface area contributed by atoms with Crippen molar-refractivity contribution in [3.05, 3.63) is 34.6 Å². The molecule has 0 unspecified atom stereocenters. The Kier molecular flexibility index (Phi) is 7.09. The second kappa shape index (κ2) is 8.06. The highest BCUT2D eigenvalue weighted by atomic mass is 79.9. The van der Waals surface area contributed by atoms with Gasteiger partial charge in [0, 0.05) is 18.4 Å². The van der Waals surface area contributed by atoms with E-state index in [1.54, 1.807) is 6.07 Å². The molecule has 17 heavy (non-hydrogen) atoms. The topological polar surface area (TPSA) is 3.24 Å². The zero-order chi connectivity index (χ0) is 12.7. The number of unbranched alkanes of at least 4 members (excludes halogenated alkanes) is 1. The van der Waals surface area contributed by atoms with E-state index in [2.05, 4.69) is 27.8 Å². The summed E-state index contributed by atoms with van der Waals surface area (Å²) in [4.78, 5) is 2.32. The maximum absolute atomic E-state index is 13.3. The van der Waals surface area contributed by atoms with Crippen LogP contribution in [0.3, 0.4) is 0 Å². The number of alkyl halides is 1. The summed E-state index contributed by atoms with van der Waals surface area (Å²) in [6.45, 7) is 4.98. The summed E-state index contributed by atoms with van der Waals surface area (Å²) >= 11 is 9.11. The van der Waals surface area contributed by atoms with Crippen molar-refractivity contribution in [1.29, 1.82) is 0 Å². The quantitative estimate of drug-likeness (QED) is 0.669. The Morgan fingerprint density at radius 3 is 2.71 bits per heavy atom. The van der Waals surface area contributed by atoms with Gasteiger partial charge in [0.05, 0.1) is 5.02 Å². The van der Waals surface area contributed by atoms with Crippen molar-refractivity contribution in [2.75, 3.05) is 18.4 Å². The molecule has 0 N–H and O–H groups in total. The highest BCUT2D eigenvalue weighted by molar-refractivity contribution is 9.09. The third kappa shape index (κ3) is 5.36. The third-order valence-corrected chi connectivity index (χ3v) is 3.28. The third-order valence-electron chi connectivity index (χ3n) is 2.62. The first-order valence-corrected chi connectivity index (χ1v) is 7.39. The molecule has 0 aromatic heterocycles. The van der Waals surface area contributed by atoms with Crippen molar-refractivity contribution in [1.82, 2.24) is 4.90 Å². The second-order valence-electron chi connectivity index (χ2n) is 4.07. The molecule has 1 aromatic carbocycles. The molecule has 4 heteroatoms. The van der Waals surface area contributed by atoms with Crippen molar-refractivity contribution >= 4 is 27.5 Å². The fourth-order valence-corrected chi connectivity index (χ4v) is 2.29. The molecule has 0 aliphatic rings. The standard InChI is InChI=1S/C13H18BrClFN/c1-2-3-7-17(8-6-14)10-11-4-5-12(15)13(16)9-11/h4-5,9H,2-3,6-8,10H2,1H3. The lowest BCUT2D eigenvalue weighted by atomic mass is 10.2. The highest BCUT2D eigenvalue weighted by Crippen LogP contribution is 2.17. The summed E-state index contributed by atoms with van der Waals surface area (Å²) in [5.74, 6) is -0.335. The Balaban J connectivity index is 2.61. The molecule has 1 nitrogen and oxygen atoms in total. The van der Waals surface area contributed by atoms with Crippen molar-refractivity contribution < 1.29 is 4.39 Å². The van der Waals surface area contributed by atoms with Crippen LogP contribution in [0.15, 0.2) is 18.2 Å². The monoisotopic (exact) mass is 321 g/mol. The van der Waals surface area contributed by atoms with E-state index in [0.717, 1.165) is 30.5 Å². The van der Waals surface area contributed by atoms with Gasteiger partial charge in [-0.3, -0.25) is 4.90 Å². The Morgan fingerprint density at radius 2 is 2.12 bits per heavy atom. The van der Waals surface area contributed by atoms with E-state index >= 15 is 0 Å². The lowest BCUT2D eigenvalue weighted by molar-refractivity contribution is 0.278. The molecule has 0 bridgehead atoms. The first kappa shape index (κ1) is 14.9.